The van der Waals surface area contributed by atoms with Gasteiger partial charge in [-0.2, -0.15) is 0 Å². The van der Waals surface area contributed by atoms with E-state index in [1.54, 1.807) is 6.08 Å². The summed E-state index contributed by atoms with van der Waals surface area (Å²) in [6.07, 6.45) is 5.87. The molecule has 0 aromatic heterocycles. The van der Waals surface area contributed by atoms with Crippen LogP contribution in [0.25, 0.3) is 0 Å². The lowest BCUT2D eigenvalue weighted by atomic mass is 10.0. The first-order valence-corrected chi connectivity index (χ1v) is 4.99. The van der Waals surface area contributed by atoms with Gasteiger partial charge in [0.15, 0.2) is 0 Å². The lowest BCUT2D eigenvalue weighted by Gasteiger charge is -2.07. The molecule has 0 aromatic rings. The second-order valence-electron chi connectivity index (χ2n) is 3.30. The summed E-state index contributed by atoms with van der Waals surface area (Å²) in [5.41, 5.74) is 0. The van der Waals surface area contributed by atoms with Gasteiger partial charge in [0.2, 0.25) is 6.08 Å². The Morgan fingerprint density at radius 1 is 1.40 bits per heavy atom. The van der Waals surface area contributed by atoms with Gasteiger partial charge in [0.25, 0.3) is 0 Å². The molecule has 0 amide bonds. The zero-order valence-electron chi connectivity index (χ0n) is 8.94. The van der Waals surface area contributed by atoms with Gasteiger partial charge in [-0.25, -0.2) is 9.79 Å². The van der Waals surface area contributed by atoms with Crippen molar-refractivity contribution in [3.05, 3.63) is 0 Å². The summed E-state index contributed by atoms with van der Waals surface area (Å²) in [6, 6.07) is 0.0336. The zero-order valence-corrected chi connectivity index (χ0v) is 9.76. The van der Waals surface area contributed by atoms with E-state index in [1.807, 2.05) is 6.92 Å². The predicted octanol–water partition coefficient (Wildman–Crippen LogP) is 2.56. The molecule has 4 nitrogen and oxygen atoms in total. The molecule has 0 aliphatic rings. The number of carboxylic acids is 1. The van der Waals surface area contributed by atoms with Crippen molar-refractivity contribution in [1.82, 2.24) is 0 Å². The van der Waals surface area contributed by atoms with Crippen LogP contribution in [0.2, 0.25) is 0 Å². The molecule has 0 radical (unpaired) electrons. The lowest BCUT2D eigenvalue weighted by molar-refractivity contribution is -0.137. The van der Waals surface area contributed by atoms with Crippen LogP contribution < -0.4 is 0 Å². The van der Waals surface area contributed by atoms with Crippen molar-refractivity contribution < 1.29 is 14.7 Å². The van der Waals surface area contributed by atoms with Crippen molar-refractivity contribution in [2.45, 2.75) is 51.5 Å². The van der Waals surface area contributed by atoms with Crippen molar-refractivity contribution in [2.75, 3.05) is 0 Å². The molecule has 0 saturated heterocycles. The first kappa shape index (κ1) is 16.6. The van der Waals surface area contributed by atoms with Gasteiger partial charge in [0.1, 0.15) is 0 Å². The molecule has 15 heavy (non-hydrogen) atoms. The third kappa shape index (κ3) is 11.1. The second kappa shape index (κ2) is 11.2. The van der Waals surface area contributed by atoms with Crippen LogP contribution in [0.4, 0.5) is 0 Å². The van der Waals surface area contributed by atoms with E-state index in [9.17, 15) is 9.59 Å². The first-order chi connectivity index (χ1) is 6.70. The Morgan fingerprint density at radius 2 is 2.07 bits per heavy atom. The third-order valence-electron chi connectivity index (χ3n) is 2.04. The van der Waals surface area contributed by atoms with Crippen LogP contribution in [0.1, 0.15) is 45.4 Å². The fraction of sp³-hybridized carbons (Fsp3) is 0.800. The minimum absolute atomic E-state index is 0. The van der Waals surface area contributed by atoms with E-state index in [0.29, 0.717) is 6.42 Å². The summed E-state index contributed by atoms with van der Waals surface area (Å²) in [5.74, 6) is -0.768. The molecule has 0 aromatic carbocycles. The van der Waals surface area contributed by atoms with Crippen LogP contribution in [0, 0.1) is 0 Å². The number of hydrogen-bond donors (Lipinski definition) is 1. The normalized spacial score (nSPS) is 11.0. The fourth-order valence-electron chi connectivity index (χ4n) is 1.34. The molecule has 1 N–H and O–H groups in total. The molecule has 0 saturated carbocycles. The van der Waals surface area contributed by atoms with E-state index in [4.69, 9.17) is 5.11 Å². The molecule has 1 atom stereocenters. The zero-order chi connectivity index (χ0) is 10.8. The maximum Gasteiger partial charge on any atom is 0.303 e. The lowest BCUT2D eigenvalue weighted by Crippen LogP contribution is -2.04. The molecule has 0 aliphatic heterocycles. The molecule has 0 spiro atoms. The number of carbonyl (C=O) groups is 1. The molecule has 88 valence electrons. The average Bonchev–Trinajstić information content (AvgIpc) is 2.12. The van der Waals surface area contributed by atoms with Gasteiger partial charge >= 0.3 is 5.97 Å². The Hall–Kier alpha value is -0.860. The van der Waals surface area contributed by atoms with E-state index < -0.39 is 5.97 Å². The number of rotatable bonds is 8. The van der Waals surface area contributed by atoms with Gasteiger partial charge in [-0.15, -0.1) is 12.4 Å². The number of aliphatic imine (C=N–C) groups is 1. The summed E-state index contributed by atoms with van der Waals surface area (Å²) in [5, 5.41) is 8.40. The first-order valence-electron chi connectivity index (χ1n) is 4.99. The largest absolute Gasteiger partial charge is 0.481 e. The van der Waals surface area contributed by atoms with E-state index in [0.717, 1.165) is 25.7 Å². The van der Waals surface area contributed by atoms with Crippen LogP contribution in [-0.4, -0.2) is 23.2 Å². The topological polar surface area (TPSA) is 66.7 Å². The van der Waals surface area contributed by atoms with E-state index in [1.165, 1.54) is 0 Å². The Kier molecular flexibility index (Phi) is 12.4. The second-order valence-corrected chi connectivity index (χ2v) is 3.30. The molecule has 0 fully saturated rings. The standard InChI is InChI=1S/C10H17NO3.ClH/c1-2-5-9(11-8-12)6-3-4-7-10(13)14;/h9H,2-7H2,1H3,(H,13,14);1H. The third-order valence-corrected chi connectivity index (χ3v) is 2.04. The van der Waals surface area contributed by atoms with Gasteiger partial charge in [0, 0.05) is 6.42 Å². The van der Waals surface area contributed by atoms with Crippen LogP contribution in [-0.2, 0) is 9.59 Å². The highest BCUT2D eigenvalue weighted by molar-refractivity contribution is 5.85. The number of carboxylic acid groups (broad SMARTS) is 1. The van der Waals surface area contributed by atoms with Gasteiger partial charge in [-0.3, -0.25) is 4.79 Å². The molecular formula is C10H18ClNO3. The number of unbranched alkanes of at least 4 members (excludes halogenated alkanes) is 1. The van der Waals surface area contributed by atoms with Gasteiger partial charge < -0.3 is 5.11 Å². The molecule has 0 aliphatic carbocycles. The van der Waals surface area contributed by atoms with Gasteiger partial charge in [-0.1, -0.05) is 19.8 Å². The SMILES string of the molecule is CCCC(CCCCC(=O)O)N=C=O.Cl. The quantitative estimate of drug-likeness (QED) is 0.399. The Labute approximate surface area is 96.2 Å². The fourth-order valence-corrected chi connectivity index (χ4v) is 1.34. The minimum Gasteiger partial charge on any atom is -0.481 e. The Morgan fingerprint density at radius 3 is 2.53 bits per heavy atom. The van der Waals surface area contributed by atoms with Crippen LogP contribution in [0.3, 0.4) is 0 Å². The van der Waals surface area contributed by atoms with Crippen molar-refractivity contribution >= 4 is 24.5 Å². The maximum atomic E-state index is 10.2. The summed E-state index contributed by atoms with van der Waals surface area (Å²) < 4.78 is 0. The summed E-state index contributed by atoms with van der Waals surface area (Å²) in [4.78, 5) is 23.9. The molecule has 0 heterocycles. The average molecular weight is 236 g/mol. The van der Waals surface area contributed by atoms with E-state index >= 15 is 0 Å². The van der Waals surface area contributed by atoms with Crippen LogP contribution in [0.5, 0.6) is 0 Å². The maximum absolute atomic E-state index is 10.2. The van der Waals surface area contributed by atoms with Crippen molar-refractivity contribution in [2.24, 2.45) is 4.99 Å². The Bertz CT molecular complexity index is 215. The molecular weight excluding hydrogens is 218 g/mol. The van der Waals surface area contributed by atoms with Crippen molar-refractivity contribution in [3.63, 3.8) is 0 Å². The van der Waals surface area contributed by atoms with Gasteiger partial charge in [0.05, 0.1) is 6.04 Å². The molecule has 0 rings (SSSR count). The van der Waals surface area contributed by atoms with Gasteiger partial charge in [-0.05, 0) is 19.3 Å². The molecule has 1 unspecified atom stereocenters. The number of carbonyl (C=O) groups excluding carboxylic acids is 1. The number of nitrogens with zero attached hydrogens (tertiary/aromatic N) is 1. The van der Waals surface area contributed by atoms with E-state index in [-0.39, 0.29) is 24.9 Å². The molecule has 0 bridgehead atoms. The highest BCUT2D eigenvalue weighted by atomic mass is 35.5. The Balaban J connectivity index is 0. The summed E-state index contributed by atoms with van der Waals surface area (Å²) in [6.45, 7) is 2.03. The summed E-state index contributed by atoms with van der Waals surface area (Å²) in [7, 11) is 0. The highest BCUT2D eigenvalue weighted by Gasteiger charge is 2.05. The van der Waals surface area contributed by atoms with Crippen LogP contribution in [0.15, 0.2) is 4.99 Å². The number of hydrogen-bond acceptors (Lipinski definition) is 3. The highest BCUT2D eigenvalue weighted by Crippen LogP contribution is 2.11. The number of isocyanates is 1. The minimum atomic E-state index is -0.768. The van der Waals surface area contributed by atoms with Crippen molar-refractivity contribution in [1.29, 1.82) is 0 Å². The predicted molar refractivity (Wildman–Crippen MR) is 60.2 cm³/mol. The van der Waals surface area contributed by atoms with Crippen LogP contribution >= 0.6 is 12.4 Å². The monoisotopic (exact) mass is 235 g/mol. The molecule has 5 heteroatoms. The smallest absolute Gasteiger partial charge is 0.303 e. The number of halogens is 1. The summed E-state index contributed by atoms with van der Waals surface area (Å²) >= 11 is 0. The van der Waals surface area contributed by atoms with E-state index in [2.05, 4.69) is 4.99 Å². The van der Waals surface area contributed by atoms with Crippen molar-refractivity contribution in [3.8, 4) is 0 Å². The number of aliphatic carboxylic acids is 1.